The van der Waals surface area contributed by atoms with Crippen molar-refractivity contribution in [1.82, 2.24) is 0 Å². The maximum absolute atomic E-state index is 12.7. The molecule has 0 heterocycles. The highest BCUT2D eigenvalue weighted by Gasteiger charge is 2.20. The maximum Gasteiger partial charge on any atom is 0.206 e. The third kappa shape index (κ3) is 5.68. The molecule has 0 aliphatic rings. The second-order valence-corrected chi connectivity index (χ2v) is 7.55. The molecule has 0 aliphatic carbocycles. The van der Waals surface area contributed by atoms with Crippen LogP contribution < -0.4 is 0 Å². The van der Waals surface area contributed by atoms with Crippen molar-refractivity contribution in [2.75, 3.05) is 0 Å². The molecule has 3 nitrogen and oxygen atoms in total. The van der Waals surface area contributed by atoms with Crippen LogP contribution in [0.25, 0.3) is 0 Å². The standard InChI is InChI=1S/C18H26O3S/c1-5-6-7-8-9-18(14-21-15(2)3)22(19,20)17-12-10-16(4)11-13-17/h7-8,10-15H,5-6,9H2,1-4H3/b8-7+,18-14-. The van der Waals surface area contributed by atoms with Gasteiger partial charge >= 0.3 is 0 Å². The summed E-state index contributed by atoms with van der Waals surface area (Å²) in [5.74, 6) is 0. The van der Waals surface area contributed by atoms with Gasteiger partial charge in [0.05, 0.1) is 22.2 Å². The summed E-state index contributed by atoms with van der Waals surface area (Å²) in [6.07, 6.45) is 7.58. The Bertz CT molecular complexity index is 608. The summed E-state index contributed by atoms with van der Waals surface area (Å²) in [5, 5.41) is 0. The van der Waals surface area contributed by atoms with Gasteiger partial charge < -0.3 is 4.74 Å². The monoisotopic (exact) mass is 322 g/mol. The lowest BCUT2D eigenvalue weighted by Crippen LogP contribution is -2.07. The van der Waals surface area contributed by atoms with E-state index in [1.165, 1.54) is 6.26 Å². The molecule has 0 bridgehead atoms. The molecule has 0 spiro atoms. The van der Waals surface area contributed by atoms with E-state index in [1.54, 1.807) is 24.3 Å². The number of sulfone groups is 1. The molecule has 0 unspecified atom stereocenters. The van der Waals surface area contributed by atoms with Gasteiger partial charge in [-0.05, 0) is 39.3 Å². The van der Waals surface area contributed by atoms with E-state index in [-0.39, 0.29) is 11.0 Å². The van der Waals surface area contributed by atoms with E-state index < -0.39 is 9.84 Å². The number of allylic oxidation sites excluding steroid dienone is 3. The Labute approximate surface area is 134 Å². The summed E-state index contributed by atoms with van der Waals surface area (Å²) < 4.78 is 30.9. The van der Waals surface area contributed by atoms with Gasteiger partial charge in [0.2, 0.25) is 9.84 Å². The maximum atomic E-state index is 12.7. The van der Waals surface area contributed by atoms with Gasteiger partial charge in [0.25, 0.3) is 0 Å². The Kier molecular flexibility index (Phi) is 7.39. The number of ether oxygens (including phenoxy) is 1. The van der Waals surface area contributed by atoms with E-state index in [4.69, 9.17) is 4.74 Å². The van der Waals surface area contributed by atoms with Crippen molar-refractivity contribution < 1.29 is 13.2 Å². The number of aryl methyl sites for hydroxylation is 1. The van der Waals surface area contributed by atoms with Crippen molar-refractivity contribution in [3.05, 3.63) is 53.1 Å². The summed E-state index contributed by atoms with van der Waals surface area (Å²) in [6.45, 7) is 7.77. The van der Waals surface area contributed by atoms with Crippen molar-refractivity contribution in [3.8, 4) is 0 Å². The van der Waals surface area contributed by atoms with Crippen LogP contribution in [0.3, 0.4) is 0 Å². The first-order valence-electron chi connectivity index (χ1n) is 7.69. The van der Waals surface area contributed by atoms with Crippen LogP contribution in [0.2, 0.25) is 0 Å². The molecule has 0 fully saturated rings. The van der Waals surface area contributed by atoms with E-state index in [1.807, 2.05) is 32.9 Å². The summed E-state index contributed by atoms with van der Waals surface area (Å²) in [7, 11) is -3.52. The number of rotatable bonds is 8. The van der Waals surface area contributed by atoms with Crippen LogP contribution in [-0.2, 0) is 14.6 Å². The lowest BCUT2D eigenvalue weighted by atomic mass is 10.2. The summed E-state index contributed by atoms with van der Waals surface area (Å²) >= 11 is 0. The van der Waals surface area contributed by atoms with Gasteiger partial charge in [0.15, 0.2) is 0 Å². The van der Waals surface area contributed by atoms with Crippen LogP contribution in [0.4, 0.5) is 0 Å². The largest absolute Gasteiger partial charge is 0.498 e. The minimum atomic E-state index is -3.52. The van der Waals surface area contributed by atoms with E-state index in [2.05, 4.69) is 6.92 Å². The normalized spacial score (nSPS) is 13.0. The lowest BCUT2D eigenvalue weighted by molar-refractivity contribution is 0.178. The van der Waals surface area contributed by atoms with Crippen LogP contribution in [0.5, 0.6) is 0 Å². The molecular weight excluding hydrogens is 296 g/mol. The van der Waals surface area contributed by atoms with Gasteiger partial charge in [0.1, 0.15) is 0 Å². The minimum Gasteiger partial charge on any atom is -0.498 e. The zero-order valence-electron chi connectivity index (χ0n) is 13.9. The fourth-order valence-electron chi connectivity index (χ4n) is 1.79. The zero-order chi connectivity index (χ0) is 16.6. The predicted octanol–water partition coefficient (Wildman–Crippen LogP) is 4.78. The molecular formula is C18H26O3S. The van der Waals surface area contributed by atoms with Crippen molar-refractivity contribution in [1.29, 1.82) is 0 Å². The van der Waals surface area contributed by atoms with Crippen molar-refractivity contribution in [2.24, 2.45) is 0 Å². The fraction of sp³-hybridized carbons (Fsp3) is 0.444. The Morgan fingerprint density at radius 1 is 1.18 bits per heavy atom. The number of benzene rings is 1. The summed E-state index contributed by atoms with van der Waals surface area (Å²) in [4.78, 5) is 0.595. The Hall–Kier alpha value is -1.55. The van der Waals surface area contributed by atoms with Gasteiger partial charge in [-0.15, -0.1) is 0 Å². The molecule has 1 aromatic rings. The van der Waals surface area contributed by atoms with E-state index in [0.717, 1.165) is 18.4 Å². The van der Waals surface area contributed by atoms with Crippen molar-refractivity contribution in [2.45, 2.75) is 58.0 Å². The van der Waals surface area contributed by atoms with Gasteiger partial charge in [-0.2, -0.15) is 0 Å². The van der Waals surface area contributed by atoms with E-state index >= 15 is 0 Å². The quantitative estimate of drug-likeness (QED) is 0.511. The lowest BCUT2D eigenvalue weighted by Gasteiger charge is -2.10. The summed E-state index contributed by atoms with van der Waals surface area (Å²) in [6, 6.07) is 6.90. The van der Waals surface area contributed by atoms with Gasteiger partial charge in [-0.3, -0.25) is 0 Å². The van der Waals surface area contributed by atoms with Crippen LogP contribution in [0.1, 0.15) is 45.6 Å². The van der Waals surface area contributed by atoms with Crippen LogP contribution >= 0.6 is 0 Å². The SMILES string of the molecule is CCC/C=C/C/C(=C/OC(C)C)S(=O)(=O)c1ccc(C)cc1. The Balaban J connectivity index is 3.07. The molecule has 0 saturated carbocycles. The highest BCUT2D eigenvalue weighted by atomic mass is 32.2. The second-order valence-electron chi connectivity index (χ2n) is 5.55. The molecule has 122 valence electrons. The van der Waals surface area contributed by atoms with Gasteiger partial charge in [-0.25, -0.2) is 8.42 Å². The van der Waals surface area contributed by atoms with Gasteiger partial charge in [0, 0.05) is 6.42 Å². The number of hydrogen-bond donors (Lipinski definition) is 0. The molecule has 0 atom stereocenters. The van der Waals surface area contributed by atoms with Crippen LogP contribution in [-0.4, -0.2) is 14.5 Å². The third-order valence-electron chi connectivity index (χ3n) is 3.09. The highest BCUT2D eigenvalue weighted by Crippen LogP contribution is 2.23. The fourth-order valence-corrected chi connectivity index (χ4v) is 3.08. The first-order chi connectivity index (χ1) is 10.4. The van der Waals surface area contributed by atoms with E-state index in [0.29, 0.717) is 11.3 Å². The average Bonchev–Trinajstić information content (AvgIpc) is 2.46. The van der Waals surface area contributed by atoms with Crippen LogP contribution in [0, 0.1) is 6.92 Å². The molecule has 0 radical (unpaired) electrons. The Morgan fingerprint density at radius 2 is 1.82 bits per heavy atom. The first-order valence-corrected chi connectivity index (χ1v) is 9.17. The van der Waals surface area contributed by atoms with E-state index in [9.17, 15) is 8.42 Å². The molecule has 0 amide bonds. The zero-order valence-corrected chi connectivity index (χ0v) is 14.7. The topological polar surface area (TPSA) is 43.4 Å². The molecule has 4 heteroatoms. The molecule has 0 aromatic heterocycles. The average molecular weight is 322 g/mol. The molecule has 0 saturated heterocycles. The number of unbranched alkanes of at least 4 members (excludes halogenated alkanes) is 1. The third-order valence-corrected chi connectivity index (χ3v) is 4.94. The van der Waals surface area contributed by atoms with Crippen molar-refractivity contribution >= 4 is 9.84 Å². The highest BCUT2D eigenvalue weighted by molar-refractivity contribution is 7.95. The minimum absolute atomic E-state index is 0.0529. The molecule has 1 rings (SSSR count). The Morgan fingerprint density at radius 3 is 2.36 bits per heavy atom. The number of hydrogen-bond acceptors (Lipinski definition) is 3. The van der Waals surface area contributed by atoms with Gasteiger partial charge in [-0.1, -0.05) is 43.2 Å². The van der Waals surface area contributed by atoms with Crippen molar-refractivity contribution in [3.63, 3.8) is 0 Å². The predicted molar refractivity (Wildman–Crippen MR) is 91.3 cm³/mol. The summed E-state index contributed by atoms with van der Waals surface area (Å²) in [5.41, 5.74) is 1.03. The molecule has 0 N–H and O–H groups in total. The molecule has 1 aromatic carbocycles. The molecule has 22 heavy (non-hydrogen) atoms. The molecule has 0 aliphatic heterocycles. The second kappa shape index (κ2) is 8.79. The smallest absolute Gasteiger partial charge is 0.206 e. The van der Waals surface area contributed by atoms with Crippen LogP contribution in [0.15, 0.2) is 52.5 Å². The first kappa shape index (κ1) is 18.5.